The van der Waals surface area contributed by atoms with Gasteiger partial charge in [-0.3, -0.25) is 14.5 Å². The average molecular weight is 478 g/mol. The zero-order chi connectivity index (χ0) is 23.5. The molecule has 1 fully saturated rings. The number of thioether (sulfide) groups is 1. The Hall–Kier alpha value is -3.26. The molecule has 0 N–H and O–H groups in total. The molecule has 3 aliphatic heterocycles. The van der Waals surface area contributed by atoms with Gasteiger partial charge < -0.3 is 14.4 Å². The predicted molar refractivity (Wildman–Crippen MR) is 134 cm³/mol. The molecule has 3 heterocycles. The highest BCUT2D eigenvalue weighted by Gasteiger charge is 2.33. The van der Waals surface area contributed by atoms with Crippen molar-refractivity contribution >= 4 is 40.5 Å². The molecule has 0 atom stereocenters. The number of ether oxygens (including phenoxy) is 2. The number of hydrogen-bond donors (Lipinski definition) is 0. The highest BCUT2D eigenvalue weighted by Crippen LogP contribution is 2.34. The van der Waals surface area contributed by atoms with Gasteiger partial charge in [0.25, 0.3) is 5.91 Å². The number of aryl methyl sites for hydroxylation is 1. The van der Waals surface area contributed by atoms with Gasteiger partial charge in [-0.05, 0) is 55.7 Å². The van der Waals surface area contributed by atoms with Crippen molar-refractivity contribution in [2.45, 2.75) is 32.6 Å². The van der Waals surface area contributed by atoms with Crippen LogP contribution in [0, 0.1) is 6.92 Å². The molecule has 7 nitrogen and oxygen atoms in total. The number of amides is 2. The summed E-state index contributed by atoms with van der Waals surface area (Å²) in [6, 6.07) is 13.3. The number of carbonyl (C=O) groups excluding carboxylic acids is 2. The van der Waals surface area contributed by atoms with Gasteiger partial charge in [-0.2, -0.15) is 0 Å². The summed E-state index contributed by atoms with van der Waals surface area (Å²) >= 11 is 1.32. The van der Waals surface area contributed by atoms with Crippen molar-refractivity contribution in [2.24, 2.45) is 4.99 Å². The minimum absolute atomic E-state index is 0.0964. The second kappa shape index (κ2) is 9.93. The lowest BCUT2D eigenvalue weighted by atomic mass is 10.1. The van der Waals surface area contributed by atoms with Crippen LogP contribution in [0.2, 0.25) is 0 Å². The van der Waals surface area contributed by atoms with Crippen LogP contribution in [0.15, 0.2) is 53.2 Å². The van der Waals surface area contributed by atoms with Gasteiger partial charge >= 0.3 is 0 Å². The third kappa shape index (κ3) is 4.82. The monoisotopic (exact) mass is 477 g/mol. The van der Waals surface area contributed by atoms with E-state index in [2.05, 4.69) is 4.99 Å². The summed E-state index contributed by atoms with van der Waals surface area (Å²) in [6.07, 6.45) is 6.19. The van der Waals surface area contributed by atoms with E-state index in [1.807, 2.05) is 54.3 Å². The summed E-state index contributed by atoms with van der Waals surface area (Å²) in [5, 5.41) is 0.518. The first kappa shape index (κ1) is 22.5. The van der Waals surface area contributed by atoms with Crippen molar-refractivity contribution in [3.63, 3.8) is 0 Å². The summed E-state index contributed by atoms with van der Waals surface area (Å²) in [4.78, 5) is 34.5. The van der Waals surface area contributed by atoms with Crippen LogP contribution in [0.1, 0.15) is 36.8 Å². The number of amidine groups is 1. The summed E-state index contributed by atoms with van der Waals surface area (Å²) < 4.78 is 10.8. The van der Waals surface area contributed by atoms with Crippen molar-refractivity contribution in [2.75, 3.05) is 30.5 Å². The number of aliphatic imine (C=N–C) groups is 1. The number of hydrogen-bond acceptors (Lipinski definition) is 6. The molecule has 5 rings (SSSR count). The number of anilines is 1. The predicted octanol–water partition coefficient (Wildman–Crippen LogP) is 4.60. The molecule has 34 heavy (non-hydrogen) atoms. The van der Waals surface area contributed by atoms with E-state index < -0.39 is 0 Å². The third-order valence-electron chi connectivity index (χ3n) is 6.11. The van der Waals surface area contributed by atoms with Crippen LogP contribution in [0.25, 0.3) is 6.08 Å². The minimum atomic E-state index is -0.216. The number of fused-ring (bicyclic) bond motifs is 1. The maximum Gasteiger partial charge on any atom is 0.283 e. The van der Waals surface area contributed by atoms with Gasteiger partial charge in [-0.25, -0.2) is 4.99 Å². The second-order valence-corrected chi connectivity index (χ2v) is 9.54. The Morgan fingerprint density at radius 3 is 2.53 bits per heavy atom. The number of rotatable bonds is 4. The summed E-state index contributed by atoms with van der Waals surface area (Å²) in [5.74, 6) is 1.47. The van der Waals surface area contributed by atoms with Crippen molar-refractivity contribution < 1.29 is 19.1 Å². The van der Waals surface area contributed by atoms with Crippen LogP contribution in [-0.4, -0.2) is 47.5 Å². The van der Waals surface area contributed by atoms with Gasteiger partial charge in [-0.15, -0.1) is 0 Å². The van der Waals surface area contributed by atoms with Crippen LogP contribution in [0.4, 0.5) is 5.69 Å². The van der Waals surface area contributed by atoms with Crippen LogP contribution < -0.4 is 14.4 Å². The maximum absolute atomic E-state index is 13.4. The van der Waals surface area contributed by atoms with Gasteiger partial charge in [0, 0.05) is 13.1 Å². The molecule has 176 valence electrons. The van der Waals surface area contributed by atoms with Crippen LogP contribution >= 0.6 is 11.8 Å². The topological polar surface area (TPSA) is 71.4 Å². The van der Waals surface area contributed by atoms with Crippen molar-refractivity contribution in [1.82, 2.24) is 4.90 Å². The molecule has 1 saturated heterocycles. The molecule has 2 aromatic rings. The van der Waals surface area contributed by atoms with Crippen LogP contribution in [-0.2, 0) is 9.59 Å². The first-order valence-electron chi connectivity index (χ1n) is 11.6. The Labute approximate surface area is 203 Å². The molecule has 8 heteroatoms. The minimum Gasteiger partial charge on any atom is -0.454 e. The van der Waals surface area contributed by atoms with Gasteiger partial charge in [0.15, 0.2) is 16.7 Å². The highest BCUT2D eigenvalue weighted by atomic mass is 32.2. The summed E-state index contributed by atoms with van der Waals surface area (Å²) in [5.41, 5.74) is 2.96. The third-order valence-corrected chi connectivity index (χ3v) is 7.03. The van der Waals surface area contributed by atoms with Crippen molar-refractivity contribution in [3.05, 3.63) is 59.3 Å². The van der Waals surface area contributed by atoms with Gasteiger partial charge in [0.05, 0.1) is 11.4 Å². The number of likely N-dealkylation sites (tertiary alicyclic amines) is 1. The number of nitrogens with zero attached hydrogens (tertiary/aromatic N) is 3. The molecule has 0 unspecified atom stereocenters. The number of carbonyl (C=O) groups is 2. The lowest BCUT2D eigenvalue weighted by Gasteiger charge is -2.21. The molecule has 2 amide bonds. The molecule has 0 aromatic heterocycles. The summed E-state index contributed by atoms with van der Waals surface area (Å²) in [6.45, 7) is 3.81. The first-order chi connectivity index (χ1) is 16.6. The van der Waals surface area contributed by atoms with E-state index in [-0.39, 0.29) is 24.4 Å². The van der Waals surface area contributed by atoms with Gasteiger partial charge in [-0.1, -0.05) is 48.4 Å². The fourth-order valence-corrected chi connectivity index (χ4v) is 5.13. The fourth-order valence-electron chi connectivity index (χ4n) is 4.21. The molecule has 0 spiro atoms. The molecule has 0 saturated carbocycles. The smallest absolute Gasteiger partial charge is 0.283 e. The molecule has 3 aliphatic rings. The molecular weight excluding hydrogens is 450 g/mol. The van der Waals surface area contributed by atoms with Crippen LogP contribution in [0.5, 0.6) is 11.5 Å². The lowest BCUT2D eigenvalue weighted by Crippen LogP contribution is -2.35. The molecule has 0 bridgehead atoms. The quantitative estimate of drug-likeness (QED) is 0.602. The zero-order valence-electron chi connectivity index (χ0n) is 19.2. The van der Waals surface area contributed by atoms with E-state index in [0.717, 1.165) is 42.7 Å². The molecular formula is C26H27N3O4S. The Kier molecular flexibility index (Phi) is 6.58. The van der Waals surface area contributed by atoms with Crippen molar-refractivity contribution in [3.8, 4) is 11.5 Å². The van der Waals surface area contributed by atoms with E-state index >= 15 is 0 Å². The largest absolute Gasteiger partial charge is 0.454 e. The number of benzene rings is 2. The standard InChI is InChI=1S/C26H27N3O4S/c1-18-6-9-20(10-7-18)29-25(31)21(14-19-8-11-22-23(15-19)33-17-32-22)27-26(29)34-16-24(30)28-12-4-2-3-5-13-28/h6-11,14-15H,2-5,12-13,16-17H2,1H3/b21-14-. The fraction of sp³-hybridized carbons (Fsp3) is 0.346. The Morgan fingerprint density at radius 2 is 1.76 bits per heavy atom. The SMILES string of the molecule is Cc1ccc(N2C(=O)/C(=C/c3ccc4c(c3)OCO4)N=C2SCC(=O)N2CCCCCC2)cc1. The van der Waals surface area contributed by atoms with E-state index in [0.29, 0.717) is 22.4 Å². The highest BCUT2D eigenvalue weighted by molar-refractivity contribution is 8.14. The van der Waals surface area contributed by atoms with E-state index in [1.54, 1.807) is 11.0 Å². The maximum atomic E-state index is 13.4. The summed E-state index contributed by atoms with van der Waals surface area (Å²) in [7, 11) is 0. The van der Waals surface area contributed by atoms with Crippen molar-refractivity contribution in [1.29, 1.82) is 0 Å². The van der Waals surface area contributed by atoms with E-state index in [1.165, 1.54) is 24.6 Å². The lowest BCUT2D eigenvalue weighted by molar-refractivity contribution is -0.128. The van der Waals surface area contributed by atoms with E-state index in [4.69, 9.17) is 9.47 Å². The Balaban J connectivity index is 1.39. The molecule has 0 aliphatic carbocycles. The Bertz CT molecular complexity index is 1150. The van der Waals surface area contributed by atoms with E-state index in [9.17, 15) is 9.59 Å². The van der Waals surface area contributed by atoms with Crippen LogP contribution in [0.3, 0.4) is 0 Å². The zero-order valence-corrected chi connectivity index (χ0v) is 20.0. The Morgan fingerprint density at radius 1 is 1.03 bits per heavy atom. The normalized spacial score (nSPS) is 18.9. The van der Waals surface area contributed by atoms with Gasteiger partial charge in [0.1, 0.15) is 5.70 Å². The van der Waals surface area contributed by atoms with Gasteiger partial charge in [0.2, 0.25) is 12.7 Å². The first-order valence-corrected chi connectivity index (χ1v) is 12.6. The molecule has 2 aromatic carbocycles. The molecule has 0 radical (unpaired) electrons. The second-order valence-electron chi connectivity index (χ2n) is 8.60. The average Bonchev–Trinajstić information content (AvgIpc) is 3.31.